The molecule has 33 heavy (non-hydrogen) atoms. The van der Waals surface area contributed by atoms with Crippen LogP contribution in [0.25, 0.3) is 0 Å². The van der Waals surface area contributed by atoms with Crippen molar-refractivity contribution < 1.29 is 24.5 Å². The molecule has 1 amide bonds. The van der Waals surface area contributed by atoms with Crippen LogP contribution in [0.3, 0.4) is 0 Å². The van der Waals surface area contributed by atoms with Gasteiger partial charge in [0.2, 0.25) is 11.0 Å². The lowest BCUT2D eigenvalue weighted by Crippen LogP contribution is -2.20. The molecule has 0 saturated heterocycles. The number of anilines is 1. The van der Waals surface area contributed by atoms with Crippen molar-refractivity contribution in [3.8, 4) is 5.88 Å². The van der Waals surface area contributed by atoms with Gasteiger partial charge in [-0.1, -0.05) is 48.1 Å². The topological polar surface area (TPSA) is 135 Å². The fourth-order valence-electron chi connectivity index (χ4n) is 3.41. The summed E-state index contributed by atoms with van der Waals surface area (Å²) < 4.78 is 5.91. The van der Waals surface area contributed by atoms with Crippen molar-refractivity contribution in [1.82, 2.24) is 15.2 Å². The van der Waals surface area contributed by atoms with Gasteiger partial charge in [0.15, 0.2) is 0 Å². The number of amides is 1. The number of hydrogen-bond acceptors (Lipinski definition) is 7. The highest BCUT2D eigenvalue weighted by Crippen LogP contribution is 2.23. The highest BCUT2D eigenvalue weighted by Gasteiger charge is 2.16. The quantitative estimate of drug-likeness (QED) is 0.444. The number of aromatic nitrogens is 3. The molecule has 0 bridgehead atoms. The van der Waals surface area contributed by atoms with Crippen molar-refractivity contribution in [3.63, 3.8) is 0 Å². The average molecular weight is 471 g/mol. The molecule has 174 valence electrons. The monoisotopic (exact) mass is 470 g/mol. The molecule has 0 unspecified atom stereocenters. The fraction of sp³-hybridized carbons (Fsp3) is 0.348. The minimum Gasteiger partial charge on any atom is -0.474 e. The second kappa shape index (κ2) is 12.5. The molecular formula is C23H26N4O5S. The van der Waals surface area contributed by atoms with Gasteiger partial charge in [0, 0.05) is 18.7 Å². The number of rotatable bonds is 7. The first-order valence-corrected chi connectivity index (χ1v) is 11.5. The molecule has 4 rings (SSSR count). The van der Waals surface area contributed by atoms with Crippen molar-refractivity contribution in [2.75, 3.05) is 5.32 Å². The first-order chi connectivity index (χ1) is 16.0. The number of carbonyl (C=O) groups is 2. The number of pyridine rings is 1. The summed E-state index contributed by atoms with van der Waals surface area (Å²) in [6.45, 7) is 0. The molecule has 1 aliphatic rings. The Kier molecular flexibility index (Phi) is 9.13. The normalized spacial score (nSPS) is 13.5. The Morgan fingerprint density at radius 2 is 1.73 bits per heavy atom. The highest BCUT2D eigenvalue weighted by molar-refractivity contribution is 7.15. The van der Waals surface area contributed by atoms with Gasteiger partial charge in [-0.05, 0) is 43.7 Å². The lowest BCUT2D eigenvalue weighted by atomic mass is 9.98. The maximum absolute atomic E-state index is 12.5. The number of carboxylic acid groups (broad SMARTS) is 2. The summed E-state index contributed by atoms with van der Waals surface area (Å²) >= 11 is 1.40. The summed E-state index contributed by atoms with van der Waals surface area (Å²) in [6.07, 6.45) is 7.51. The average Bonchev–Trinajstić information content (AvgIpc) is 3.26. The zero-order chi connectivity index (χ0) is 23.5. The van der Waals surface area contributed by atoms with E-state index in [9.17, 15) is 4.79 Å². The first kappa shape index (κ1) is 24.1. The molecule has 0 spiro atoms. The van der Waals surface area contributed by atoms with E-state index in [-0.39, 0.29) is 12.0 Å². The van der Waals surface area contributed by atoms with E-state index < -0.39 is 6.16 Å². The second-order valence-electron chi connectivity index (χ2n) is 7.49. The van der Waals surface area contributed by atoms with Crippen molar-refractivity contribution in [2.24, 2.45) is 0 Å². The van der Waals surface area contributed by atoms with Crippen LogP contribution in [0.15, 0.2) is 48.7 Å². The maximum atomic E-state index is 12.5. The van der Waals surface area contributed by atoms with Crippen molar-refractivity contribution in [1.29, 1.82) is 0 Å². The lowest BCUT2D eigenvalue weighted by Gasteiger charge is -2.22. The summed E-state index contributed by atoms with van der Waals surface area (Å²) in [7, 11) is 0. The Hall–Kier alpha value is -3.53. The van der Waals surface area contributed by atoms with E-state index in [1.165, 1.54) is 36.2 Å². The van der Waals surface area contributed by atoms with Gasteiger partial charge in [-0.2, -0.15) is 0 Å². The predicted octanol–water partition coefficient (Wildman–Crippen LogP) is 4.90. The minimum absolute atomic E-state index is 0.242. The van der Waals surface area contributed by atoms with Gasteiger partial charge >= 0.3 is 6.16 Å². The number of carbonyl (C=O) groups excluding carboxylic acids is 1. The van der Waals surface area contributed by atoms with Crippen LogP contribution in [0.5, 0.6) is 5.88 Å². The van der Waals surface area contributed by atoms with Crippen LogP contribution in [-0.2, 0) is 12.8 Å². The summed E-state index contributed by atoms with van der Waals surface area (Å²) in [4.78, 5) is 25.3. The van der Waals surface area contributed by atoms with E-state index in [2.05, 4.69) is 32.6 Å². The molecule has 10 heteroatoms. The molecule has 9 nitrogen and oxygen atoms in total. The van der Waals surface area contributed by atoms with E-state index in [4.69, 9.17) is 19.7 Å². The van der Waals surface area contributed by atoms with Crippen molar-refractivity contribution >= 4 is 28.5 Å². The molecule has 2 heterocycles. The molecule has 0 aliphatic heterocycles. The van der Waals surface area contributed by atoms with Gasteiger partial charge in [0.25, 0.3) is 5.91 Å². The van der Waals surface area contributed by atoms with Crippen LogP contribution >= 0.6 is 11.3 Å². The van der Waals surface area contributed by atoms with Crippen LogP contribution in [0.4, 0.5) is 9.93 Å². The summed E-state index contributed by atoms with van der Waals surface area (Å²) in [6, 6.07) is 13.7. The predicted molar refractivity (Wildman–Crippen MR) is 124 cm³/mol. The SMILES string of the molecule is O=C(Nc1nnc(CCc2ccccc2)s1)c1ccc(OC2CCCCC2)nc1.O=C(O)O. The van der Waals surface area contributed by atoms with E-state index in [1.807, 2.05) is 18.2 Å². The lowest BCUT2D eigenvalue weighted by molar-refractivity contribution is 0.102. The number of benzene rings is 1. The van der Waals surface area contributed by atoms with Crippen LogP contribution in [0.1, 0.15) is 53.0 Å². The Balaban J connectivity index is 0.000000709. The molecule has 1 fully saturated rings. The number of hydrogen-bond donors (Lipinski definition) is 3. The largest absolute Gasteiger partial charge is 0.503 e. The molecule has 0 radical (unpaired) electrons. The number of aryl methyl sites for hydroxylation is 2. The molecule has 3 N–H and O–H groups in total. The van der Waals surface area contributed by atoms with Crippen LogP contribution in [0.2, 0.25) is 0 Å². The standard InChI is InChI=1S/C22H24N4O2S.CH2O3/c27-21(17-12-13-19(23-15-17)28-18-9-5-2-6-10-18)24-22-26-25-20(29-22)14-11-16-7-3-1-4-8-16;2-1(3)4/h1,3-4,7-8,12-13,15,18H,2,5-6,9-11,14H2,(H,24,26,27);(H2,2,3,4). The zero-order valence-corrected chi connectivity index (χ0v) is 18.8. The molecule has 1 saturated carbocycles. The van der Waals surface area contributed by atoms with Gasteiger partial charge in [0.1, 0.15) is 11.1 Å². The van der Waals surface area contributed by atoms with Gasteiger partial charge in [-0.3, -0.25) is 10.1 Å². The van der Waals surface area contributed by atoms with Gasteiger partial charge < -0.3 is 14.9 Å². The minimum atomic E-state index is -1.83. The third-order valence-electron chi connectivity index (χ3n) is 5.00. The summed E-state index contributed by atoms with van der Waals surface area (Å²) in [5.41, 5.74) is 1.73. The Bertz CT molecular complexity index is 1020. The highest BCUT2D eigenvalue weighted by atomic mass is 32.1. The molecule has 3 aromatic rings. The molecule has 0 atom stereocenters. The molecular weight excluding hydrogens is 444 g/mol. The van der Waals surface area contributed by atoms with Gasteiger partial charge in [-0.15, -0.1) is 10.2 Å². The summed E-state index contributed by atoms with van der Waals surface area (Å²) in [5, 5.41) is 26.4. The third-order valence-corrected chi connectivity index (χ3v) is 5.89. The number of ether oxygens (including phenoxy) is 1. The van der Waals surface area contributed by atoms with E-state index in [1.54, 1.807) is 18.3 Å². The summed E-state index contributed by atoms with van der Waals surface area (Å²) in [5.74, 6) is 0.333. The Morgan fingerprint density at radius 3 is 2.39 bits per heavy atom. The maximum Gasteiger partial charge on any atom is 0.503 e. The smallest absolute Gasteiger partial charge is 0.474 e. The van der Waals surface area contributed by atoms with Gasteiger partial charge in [0.05, 0.1) is 5.56 Å². The second-order valence-corrected chi connectivity index (χ2v) is 8.55. The van der Waals surface area contributed by atoms with E-state index >= 15 is 0 Å². The first-order valence-electron chi connectivity index (χ1n) is 10.7. The van der Waals surface area contributed by atoms with Crippen molar-refractivity contribution in [2.45, 2.75) is 51.0 Å². The van der Waals surface area contributed by atoms with E-state index in [0.29, 0.717) is 16.6 Å². The Labute approximate surface area is 195 Å². The van der Waals surface area contributed by atoms with Gasteiger partial charge in [-0.25, -0.2) is 9.78 Å². The van der Waals surface area contributed by atoms with Crippen molar-refractivity contribution in [3.05, 3.63) is 64.8 Å². The third kappa shape index (κ3) is 8.49. The van der Waals surface area contributed by atoms with Crippen LogP contribution < -0.4 is 10.1 Å². The zero-order valence-electron chi connectivity index (χ0n) is 18.0. The van der Waals surface area contributed by atoms with Crippen LogP contribution in [-0.4, -0.2) is 43.6 Å². The molecule has 2 aromatic heterocycles. The van der Waals surface area contributed by atoms with E-state index in [0.717, 1.165) is 30.7 Å². The number of nitrogens with zero attached hydrogens (tertiary/aromatic N) is 3. The fourth-order valence-corrected chi connectivity index (χ4v) is 4.14. The molecule has 1 aliphatic carbocycles. The Morgan fingerprint density at radius 1 is 1.00 bits per heavy atom. The van der Waals surface area contributed by atoms with Crippen LogP contribution in [0, 0.1) is 0 Å². The molecule has 1 aromatic carbocycles. The number of nitrogens with one attached hydrogen (secondary N) is 1.